The maximum atomic E-state index is 12.8. The van der Waals surface area contributed by atoms with Crippen LogP contribution >= 0.6 is 0 Å². The van der Waals surface area contributed by atoms with E-state index < -0.39 is 8.80 Å². The first-order valence-corrected chi connectivity index (χ1v) is 7.02. The first-order valence-electron chi connectivity index (χ1n) is 5.02. The molecule has 0 aliphatic rings. The fourth-order valence-electron chi connectivity index (χ4n) is 1.57. The summed E-state index contributed by atoms with van der Waals surface area (Å²) in [6.45, 7) is 2.12. The van der Waals surface area contributed by atoms with Crippen LogP contribution in [0.3, 0.4) is 0 Å². The van der Waals surface area contributed by atoms with Crippen molar-refractivity contribution in [1.29, 1.82) is 0 Å². The minimum atomic E-state index is -0.911. The van der Waals surface area contributed by atoms with E-state index >= 15 is 0 Å². The molecule has 0 bridgehead atoms. The van der Waals surface area contributed by atoms with Crippen molar-refractivity contribution in [3.8, 4) is 0 Å². The van der Waals surface area contributed by atoms with Gasteiger partial charge in [-0.2, -0.15) is 0 Å². The van der Waals surface area contributed by atoms with Crippen LogP contribution in [0.15, 0.2) is 48.5 Å². The molecule has 0 aliphatic heterocycles. The van der Waals surface area contributed by atoms with Crippen LogP contribution in [0.25, 0.3) is 0 Å². The summed E-state index contributed by atoms with van der Waals surface area (Å²) in [5.74, 6) is -0.449. The summed E-state index contributed by atoms with van der Waals surface area (Å²) in [6.07, 6.45) is 0. The number of halogens is 2. The molecule has 0 aromatic heterocycles. The average Bonchev–Trinajstić information content (AvgIpc) is 2.30. The molecular weight excluding hydrogens is 222 g/mol. The van der Waals surface area contributed by atoms with Gasteiger partial charge in [0.2, 0.25) is 0 Å². The van der Waals surface area contributed by atoms with Crippen molar-refractivity contribution in [2.45, 2.75) is 6.55 Å². The van der Waals surface area contributed by atoms with Gasteiger partial charge < -0.3 is 0 Å². The van der Waals surface area contributed by atoms with Crippen LogP contribution in [-0.4, -0.2) is 8.80 Å². The summed E-state index contributed by atoms with van der Waals surface area (Å²) in [7, 11) is -0.911. The number of rotatable bonds is 2. The molecule has 0 fully saturated rings. The first kappa shape index (κ1) is 11.0. The lowest BCUT2D eigenvalue weighted by Gasteiger charge is -2.10. The Kier molecular flexibility index (Phi) is 3.15. The zero-order chi connectivity index (χ0) is 11.5. The summed E-state index contributed by atoms with van der Waals surface area (Å²) in [6, 6.07) is 13.1. The second-order valence-electron chi connectivity index (χ2n) is 3.64. The molecule has 0 saturated heterocycles. The highest BCUT2D eigenvalue weighted by Crippen LogP contribution is 1.98. The molecule has 0 nitrogen and oxygen atoms in total. The lowest BCUT2D eigenvalue weighted by molar-refractivity contribution is 0.628. The van der Waals surface area contributed by atoms with Crippen LogP contribution in [0.2, 0.25) is 6.55 Å². The van der Waals surface area contributed by atoms with Crippen molar-refractivity contribution < 1.29 is 8.78 Å². The molecule has 3 heteroatoms. The minimum Gasteiger partial charge on any atom is -0.207 e. The van der Waals surface area contributed by atoms with Crippen molar-refractivity contribution in [2.24, 2.45) is 0 Å². The van der Waals surface area contributed by atoms with E-state index in [1.165, 1.54) is 24.3 Å². The molecule has 16 heavy (non-hydrogen) atoms. The minimum absolute atomic E-state index is 0.224. The van der Waals surface area contributed by atoms with Gasteiger partial charge in [0.25, 0.3) is 0 Å². The van der Waals surface area contributed by atoms with Crippen molar-refractivity contribution in [2.75, 3.05) is 0 Å². The van der Waals surface area contributed by atoms with E-state index in [0.717, 1.165) is 10.4 Å². The smallest absolute Gasteiger partial charge is 0.123 e. The van der Waals surface area contributed by atoms with Crippen molar-refractivity contribution >= 4 is 19.2 Å². The fraction of sp³-hybridized carbons (Fsp3) is 0.0769. The monoisotopic (exact) mass is 233 g/mol. The quantitative estimate of drug-likeness (QED) is 0.698. The second kappa shape index (κ2) is 4.57. The lowest BCUT2D eigenvalue weighted by atomic mass is 10.3. The Morgan fingerprint density at radius 3 is 1.31 bits per heavy atom. The van der Waals surface area contributed by atoms with Gasteiger partial charge in [0.15, 0.2) is 0 Å². The Balaban J connectivity index is 2.28. The fourth-order valence-corrected chi connectivity index (χ4v) is 3.23. The lowest BCUT2D eigenvalue weighted by Crippen LogP contribution is -2.39. The molecule has 0 spiro atoms. The van der Waals surface area contributed by atoms with Crippen LogP contribution in [-0.2, 0) is 0 Å². The molecule has 81 valence electrons. The summed E-state index contributed by atoms with van der Waals surface area (Å²) >= 11 is 0. The van der Waals surface area contributed by atoms with E-state index in [0.29, 0.717) is 0 Å². The molecule has 1 radical (unpaired) electrons. The summed E-state index contributed by atoms with van der Waals surface area (Å²) in [4.78, 5) is 0. The molecule has 0 heterocycles. The zero-order valence-electron chi connectivity index (χ0n) is 8.87. The van der Waals surface area contributed by atoms with Gasteiger partial charge in [-0.05, 0) is 24.3 Å². The molecule has 0 aliphatic carbocycles. The third-order valence-electron chi connectivity index (χ3n) is 2.55. The Labute approximate surface area is 95.2 Å². The Morgan fingerprint density at radius 1 is 0.688 bits per heavy atom. The highest BCUT2D eigenvalue weighted by molar-refractivity contribution is 6.84. The van der Waals surface area contributed by atoms with Crippen LogP contribution in [0.1, 0.15) is 0 Å². The van der Waals surface area contributed by atoms with Gasteiger partial charge in [-0.25, -0.2) is 8.78 Å². The number of hydrogen-bond acceptors (Lipinski definition) is 0. The van der Waals surface area contributed by atoms with Crippen molar-refractivity contribution in [3.05, 3.63) is 60.2 Å². The highest BCUT2D eigenvalue weighted by atomic mass is 28.3. The Bertz CT molecular complexity index is 417. The molecule has 0 unspecified atom stereocenters. The van der Waals surface area contributed by atoms with Crippen LogP contribution in [0, 0.1) is 11.6 Å². The van der Waals surface area contributed by atoms with Gasteiger partial charge in [0, 0.05) is 0 Å². The first-order chi connectivity index (χ1) is 7.66. The summed E-state index contributed by atoms with van der Waals surface area (Å²) in [5.41, 5.74) is 0. The molecule has 0 atom stereocenters. The predicted octanol–water partition coefficient (Wildman–Crippen LogP) is 2.20. The average molecular weight is 233 g/mol. The molecule has 2 aromatic rings. The third-order valence-corrected chi connectivity index (χ3v) is 4.95. The van der Waals surface area contributed by atoms with E-state index in [1.54, 1.807) is 24.3 Å². The highest BCUT2D eigenvalue weighted by Gasteiger charge is 2.10. The van der Waals surface area contributed by atoms with Crippen LogP contribution in [0.4, 0.5) is 8.78 Å². The van der Waals surface area contributed by atoms with E-state index in [-0.39, 0.29) is 11.6 Å². The standard InChI is InChI=1S/C13H11F2Si/c1-16(12-6-2-10(14)3-7-12)13-8-4-11(15)5-9-13/h2-9H,1H3. The predicted molar refractivity (Wildman–Crippen MR) is 63.7 cm³/mol. The second-order valence-corrected chi connectivity index (χ2v) is 6.04. The van der Waals surface area contributed by atoms with Crippen molar-refractivity contribution in [1.82, 2.24) is 0 Å². The SMILES string of the molecule is C[Si](c1ccc(F)cc1)c1ccc(F)cc1. The molecule has 0 N–H and O–H groups in total. The largest absolute Gasteiger partial charge is 0.207 e. The van der Waals surface area contributed by atoms with E-state index in [9.17, 15) is 8.78 Å². The third kappa shape index (κ3) is 2.36. The number of hydrogen-bond donors (Lipinski definition) is 0. The molecular formula is C13H11F2Si. The maximum Gasteiger partial charge on any atom is 0.123 e. The van der Waals surface area contributed by atoms with Crippen LogP contribution < -0.4 is 10.4 Å². The summed E-state index contributed by atoms with van der Waals surface area (Å²) < 4.78 is 25.5. The van der Waals surface area contributed by atoms with Gasteiger partial charge in [0.05, 0.1) is 0 Å². The zero-order valence-corrected chi connectivity index (χ0v) is 9.87. The van der Waals surface area contributed by atoms with Gasteiger partial charge in [-0.15, -0.1) is 0 Å². The number of benzene rings is 2. The van der Waals surface area contributed by atoms with E-state index in [4.69, 9.17) is 0 Å². The van der Waals surface area contributed by atoms with Gasteiger partial charge in [-0.1, -0.05) is 41.2 Å². The topological polar surface area (TPSA) is 0 Å². The van der Waals surface area contributed by atoms with Gasteiger partial charge in [-0.3, -0.25) is 0 Å². The maximum absolute atomic E-state index is 12.8. The Morgan fingerprint density at radius 2 is 1.00 bits per heavy atom. The normalized spacial score (nSPS) is 10.8. The van der Waals surface area contributed by atoms with Gasteiger partial charge in [0.1, 0.15) is 20.4 Å². The van der Waals surface area contributed by atoms with Crippen LogP contribution in [0.5, 0.6) is 0 Å². The molecule has 0 saturated carbocycles. The van der Waals surface area contributed by atoms with E-state index in [1.807, 2.05) is 0 Å². The molecule has 2 rings (SSSR count). The summed E-state index contributed by atoms with van der Waals surface area (Å²) in [5, 5.41) is 2.25. The van der Waals surface area contributed by atoms with E-state index in [2.05, 4.69) is 6.55 Å². The Hall–Kier alpha value is -1.48. The van der Waals surface area contributed by atoms with Crippen molar-refractivity contribution in [3.63, 3.8) is 0 Å². The molecule has 2 aromatic carbocycles. The van der Waals surface area contributed by atoms with Gasteiger partial charge >= 0.3 is 0 Å². The molecule has 0 amide bonds.